The molecule has 8 heteroatoms. The Morgan fingerprint density at radius 1 is 1.63 bits per heavy atom. The minimum atomic E-state index is -0.754. The van der Waals surface area contributed by atoms with Crippen molar-refractivity contribution in [2.45, 2.75) is 20.0 Å². The minimum absolute atomic E-state index is 0.0109. The first kappa shape index (κ1) is 13.5. The van der Waals surface area contributed by atoms with E-state index >= 15 is 0 Å². The lowest BCUT2D eigenvalue weighted by Crippen LogP contribution is -2.35. The van der Waals surface area contributed by atoms with Crippen molar-refractivity contribution in [1.82, 2.24) is 14.7 Å². The third kappa shape index (κ3) is 2.45. The number of nitrogens with one attached hydrogen (secondary N) is 1. The van der Waals surface area contributed by atoms with Gasteiger partial charge in [0.25, 0.3) is 11.5 Å². The molecule has 7 nitrogen and oxygen atoms in total. The van der Waals surface area contributed by atoms with Crippen molar-refractivity contribution in [2.24, 2.45) is 0 Å². The first-order valence-electron chi connectivity index (χ1n) is 5.58. The molecule has 0 saturated heterocycles. The molecule has 1 amide bonds. The molecule has 1 atom stereocenters. The van der Waals surface area contributed by atoms with Crippen molar-refractivity contribution in [3.8, 4) is 5.88 Å². The van der Waals surface area contributed by atoms with Gasteiger partial charge in [0.15, 0.2) is 10.5 Å². The van der Waals surface area contributed by atoms with Crippen LogP contribution in [0.15, 0.2) is 10.2 Å². The summed E-state index contributed by atoms with van der Waals surface area (Å²) in [6.07, 6.45) is -0.742. The van der Waals surface area contributed by atoms with E-state index < -0.39 is 29.0 Å². The van der Waals surface area contributed by atoms with E-state index in [9.17, 15) is 14.7 Å². The van der Waals surface area contributed by atoms with E-state index in [-0.39, 0.29) is 6.54 Å². The summed E-state index contributed by atoms with van der Waals surface area (Å²) in [4.78, 5) is 28.1. The van der Waals surface area contributed by atoms with Crippen molar-refractivity contribution in [3.05, 3.63) is 27.0 Å². The molecule has 19 heavy (non-hydrogen) atoms. The van der Waals surface area contributed by atoms with E-state index in [0.717, 1.165) is 0 Å². The van der Waals surface area contributed by atoms with Gasteiger partial charge in [-0.2, -0.15) is 4.98 Å². The molecule has 2 aromatic rings. The Kier molecular flexibility index (Phi) is 3.54. The average molecular weight is 283 g/mol. The van der Waals surface area contributed by atoms with E-state index in [4.69, 9.17) is 5.11 Å². The number of carbonyl (C=O) groups is 1. The molecule has 102 valence electrons. The van der Waals surface area contributed by atoms with Crippen molar-refractivity contribution >= 4 is 22.2 Å². The normalized spacial score (nSPS) is 12.6. The van der Waals surface area contributed by atoms with Gasteiger partial charge in [-0.05, 0) is 13.8 Å². The summed E-state index contributed by atoms with van der Waals surface area (Å²) < 4.78 is 1.27. The van der Waals surface area contributed by atoms with Gasteiger partial charge >= 0.3 is 0 Å². The number of aromatic hydroxyl groups is 1. The molecule has 0 spiro atoms. The molecule has 0 unspecified atom stereocenters. The summed E-state index contributed by atoms with van der Waals surface area (Å²) in [6.45, 7) is 3.20. The number of carbonyl (C=O) groups excluding carboxylic acids is 1. The van der Waals surface area contributed by atoms with Gasteiger partial charge in [0.2, 0.25) is 5.88 Å². The second kappa shape index (κ2) is 4.98. The number of aliphatic hydroxyl groups is 1. The Morgan fingerprint density at radius 3 is 2.95 bits per heavy atom. The fourth-order valence-electron chi connectivity index (χ4n) is 1.60. The Hall–Kier alpha value is -1.93. The monoisotopic (exact) mass is 283 g/mol. The van der Waals surface area contributed by atoms with E-state index in [1.807, 2.05) is 0 Å². The van der Waals surface area contributed by atoms with Crippen LogP contribution in [0, 0.1) is 6.92 Å². The van der Waals surface area contributed by atoms with Crippen LogP contribution in [-0.4, -0.2) is 38.2 Å². The van der Waals surface area contributed by atoms with E-state index in [1.54, 1.807) is 12.3 Å². The largest absolute Gasteiger partial charge is 0.492 e. The number of fused-ring (bicyclic) bond motifs is 1. The summed E-state index contributed by atoms with van der Waals surface area (Å²) in [5.74, 6) is -1.36. The lowest BCUT2D eigenvalue weighted by Gasteiger charge is -2.08. The van der Waals surface area contributed by atoms with Crippen LogP contribution in [0.2, 0.25) is 0 Å². The van der Waals surface area contributed by atoms with Crippen LogP contribution in [0.1, 0.15) is 23.0 Å². The van der Waals surface area contributed by atoms with Gasteiger partial charge in [-0.25, -0.2) is 0 Å². The molecule has 0 bridgehead atoms. The second-order valence-corrected chi connectivity index (χ2v) is 5.01. The third-order valence-corrected chi connectivity index (χ3v) is 3.45. The fourth-order valence-corrected chi connectivity index (χ4v) is 2.45. The van der Waals surface area contributed by atoms with Crippen LogP contribution in [0.5, 0.6) is 5.88 Å². The van der Waals surface area contributed by atoms with Crippen molar-refractivity contribution < 1.29 is 15.0 Å². The van der Waals surface area contributed by atoms with Crippen molar-refractivity contribution in [1.29, 1.82) is 0 Å². The zero-order valence-electron chi connectivity index (χ0n) is 10.4. The molecule has 0 radical (unpaired) electrons. The van der Waals surface area contributed by atoms with Gasteiger partial charge in [-0.15, -0.1) is 11.3 Å². The highest BCUT2D eigenvalue weighted by atomic mass is 32.1. The molecular weight excluding hydrogens is 270 g/mol. The Bertz CT molecular complexity index is 689. The number of hydrogen-bond acceptors (Lipinski definition) is 6. The number of aliphatic hydroxyl groups excluding tert-OH is 1. The van der Waals surface area contributed by atoms with E-state index in [1.165, 1.54) is 22.7 Å². The highest BCUT2D eigenvalue weighted by molar-refractivity contribution is 7.15. The van der Waals surface area contributed by atoms with Crippen LogP contribution in [0.4, 0.5) is 0 Å². The smallest absolute Gasteiger partial charge is 0.275 e. The fraction of sp³-hybridized carbons (Fsp3) is 0.364. The SMILES string of the molecule is Cc1csc2nc(O)c(C(=O)NC[C@@H](C)O)c(=O)n12. The summed E-state index contributed by atoms with van der Waals surface area (Å²) in [5, 5.41) is 22.9. The van der Waals surface area contributed by atoms with E-state index in [2.05, 4.69) is 10.3 Å². The summed E-state index contributed by atoms with van der Waals surface area (Å²) >= 11 is 1.20. The lowest BCUT2D eigenvalue weighted by molar-refractivity contribution is 0.0919. The molecule has 3 N–H and O–H groups in total. The number of rotatable bonds is 3. The summed E-state index contributed by atoms with van der Waals surface area (Å²) in [6, 6.07) is 0. The quantitative estimate of drug-likeness (QED) is 0.728. The summed E-state index contributed by atoms with van der Waals surface area (Å²) in [5.41, 5.74) is -0.397. The van der Waals surface area contributed by atoms with Crippen LogP contribution in [0.3, 0.4) is 0 Å². The molecule has 2 aromatic heterocycles. The van der Waals surface area contributed by atoms with Crippen molar-refractivity contribution in [3.63, 3.8) is 0 Å². The highest BCUT2D eigenvalue weighted by Gasteiger charge is 2.21. The maximum atomic E-state index is 12.2. The second-order valence-electron chi connectivity index (χ2n) is 4.17. The lowest BCUT2D eigenvalue weighted by atomic mass is 10.3. The van der Waals surface area contributed by atoms with Crippen molar-refractivity contribution in [2.75, 3.05) is 6.54 Å². The average Bonchev–Trinajstić information content (AvgIpc) is 2.68. The Balaban J connectivity index is 2.51. The predicted octanol–water partition coefficient (Wildman–Crippen LogP) is -0.119. The van der Waals surface area contributed by atoms with Crippen LogP contribution < -0.4 is 10.9 Å². The molecule has 0 saturated carbocycles. The number of amides is 1. The standard InChI is InChI=1S/C11H13N3O4S/c1-5-4-19-11-13-9(17)7(10(18)14(5)11)8(16)12-3-6(2)15/h4,6,15,17H,3H2,1-2H3,(H,12,16)/t6-/m1/s1. The van der Waals surface area contributed by atoms with Crippen LogP contribution in [-0.2, 0) is 0 Å². The molecule has 2 heterocycles. The molecular formula is C11H13N3O4S. The predicted molar refractivity (Wildman–Crippen MR) is 69.8 cm³/mol. The van der Waals surface area contributed by atoms with Gasteiger partial charge < -0.3 is 15.5 Å². The molecule has 0 aromatic carbocycles. The highest BCUT2D eigenvalue weighted by Crippen LogP contribution is 2.17. The molecule has 0 aliphatic rings. The number of nitrogens with zero attached hydrogens (tertiary/aromatic N) is 2. The zero-order chi connectivity index (χ0) is 14.2. The number of aryl methyl sites for hydroxylation is 1. The van der Waals surface area contributed by atoms with Gasteiger partial charge in [-0.1, -0.05) is 0 Å². The number of hydrogen-bond donors (Lipinski definition) is 3. The molecule has 0 fully saturated rings. The minimum Gasteiger partial charge on any atom is -0.492 e. The van der Waals surface area contributed by atoms with Gasteiger partial charge in [0.05, 0.1) is 6.10 Å². The first-order valence-corrected chi connectivity index (χ1v) is 6.46. The van der Waals surface area contributed by atoms with E-state index in [0.29, 0.717) is 10.7 Å². The molecule has 0 aliphatic heterocycles. The zero-order valence-corrected chi connectivity index (χ0v) is 11.2. The Labute approximate surface area is 112 Å². The molecule has 0 aliphatic carbocycles. The first-order chi connectivity index (χ1) is 8.91. The maximum Gasteiger partial charge on any atom is 0.275 e. The maximum absolute atomic E-state index is 12.2. The van der Waals surface area contributed by atoms with Crippen LogP contribution in [0.25, 0.3) is 4.96 Å². The topological polar surface area (TPSA) is 104 Å². The Morgan fingerprint density at radius 2 is 2.32 bits per heavy atom. The molecule has 2 rings (SSSR count). The van der Waals surface area contributed by atoms with Gasteiger partial charge in [0.1, 0.15) is 0 Å². The van der Waals surface area contributed by atoms with Gasteiger partial charge in [0, 0.05) is 17.6 Å². The number of thiazole rings is 1. The summed E-state index contributed by atoms with van der Waals surface area (Å²) in [7, 11) is 0. The third-order valence-electron chi connectivity index (χ3n) is 2.51. The number of aromatic nitrogens is 2. The van der Waals surface area contributed by atoms with Crippen LogP contribution >= 0.6 is 11.3 Å². The van der Waals surface area contributed by atoms with Gasteiger partial charge in [-0.3, -0.25) is 14.0 Å².